The molecule has 1 saturated carbocycles. The van der Waals surface area contributed by atoms with Crippen molar-refractivity contribution in [2.24, 2.45) is 5.92 Å². The van der Waals surface area contributed by atoms with Gasteiger partial charge in [0, 0.05) is 6.42 Å². The fraction of sp³-hybridized carbons (Fsp3) is 0.909. The van der Waals surface area contributed by atoms with E-state index in [-0.39, 0.29) is 12.3 Å². The van der Waals surface area contributed by atoms with Gasteiger partial charge in [-0.15, -0.1) is 0 Å². The SMILES string of the molecule is CC(CC(=O)O)CC1(O)CCCCC1. The minimum atomic E-state index is -0.767. The highest BCUT2D eigenvalue weighted by Gasteiger charge is 2.31. The summed E-state index contributed by atoms with van der Waals surface area (Å²) in [6.07, 6.45) is 5.86. The molecule has 1 aliphatic rings. The summed E-state index contributed by atoms with van der Waals surface area (Å²) in [7, 11) is 0. The van der Waals surface area contributed by atoms with Crippen molar-refractivity contribution in [3.8, 4) is 0 Å². The number of hydrogen-bond acceptors (Lipinski definition) is 2. The third-order valence-corrected chi connectivity index (χ3v) is 3.04. The van der Waals surface area contributed by atoms with Crippen molar-refractivity contribution < 1.29 is 15.0 Å². The molecule has 0 radical (unpaired) electrons. The number of aliphatic hydroxyl groups is 1. The van der Waals surface area contributed by atoms with E-state index in [1.54, 1.807) is 0 Å². The lowest BCUT2D eigenvalue weighted by atomic mass is 9.78. The van der Waals surface area contributed by atoms with Crippen molar-refractivity contribution in [3.05, 3.63) is 0 Å². The first-order valence-corrected chi connectivity index (χ1v) is 5.46. The van der Waals surface area contributed by atoms with Crippen LogP contribution < -0.4 is 0 Å². The second kappa shape index (κ2) is 4.78. The largest absolute Gasteiger partial charge is 0.481 e. The molecule has 2 N–H and O–H groups in total. The van der Waals surface area contributed by atoms with E-state index in [9.17, 15) is 9.90 Å². The number of carboxylic acids is 1. The third-order valence-electron chi connectivity index (χ3n) is 3.04. The third kappa shape index (κ3) is 3.66. The van der Waals surface area contributed by atoms with Crippen LogP contribution in [0.3, 0.4) is 0 Å². The zero-order valence-corrected chi connectivity index (χ0v) is 8.83. The van der Waals surface area contributed by atoms with Crippen LogP contribution in [0.4, 0.5) is 0 Å². The van der Waals surface area contributed by atoms with E-state index in [4.69, 9.17) is 5.11 Å². The van der Waals surface area contributed by atoms with Gasteiger partial charge in [-0.3, -0.25) is 4.79 Å². The molecule has 0 amide bonds. The number of carboxylic acid groups (broad SMARTS) is 1. The minimum absolute atomic E-state index is 0.0793. The Labute approximate surface area is 85.1 Å². The second-order valence-corrected chi connectivity index (χ2v) is 4.69. The zero-order valence-electron chi connectivity index (χ0n) is 8.83. The van der Waals surface area contributed by atoms with Crippen molar-refractivity contribution >= 4 is 5.97 Å². The highest BCUT2D eigenvalue weighted by molar-refractivity contribution is 5.66. The van der Waals surface area contributed by atoms with Gasteiger partial charge in [0.2, 0.25) is 0 Å². The lowest BCUT2D eigenvalue weighted by molar-refractivity contribution is -0.138. The van der Waals surface area contributed by atoms with Crippen molar-refractivity contribution in [3.63, 3.8) is 0 Å². The van der Waals surface area contributed by atoms with Crippen LogP contribution in [0.15, 0.2) is 0 Å². The average molecular weight is 200 g/mol. The Morgan fingerprint density at radius 1 is 1.36 bits per heavy atom. The molecule has 1 atom stereocenters. The molecule has 0 bridgehead atoms. The average Bonchev–Trinajstić information content (AvgIpc) is 2.02. The first-order valence-electron chi connectivity index (χ1n) is 5.46. The van der Waals surface area contributed by atoms with Crippen LogP contribution in [0.1, 0.15) is 51.9 Å². The highest BCUT2D eigenvalue weighted by atomic mass is 16.4. The van der Waals surface area contributed by atoms with Gasteiger partial charge in [0.1, 0.15) is 0 Å². The first kappa shape index (κ1) is 11.5. The number of carbonyl (C=O) groups is 1. The lowest BCUT2D eigenvalue weighted by Gasteiger charge is -2.34. The van der Waals surface area contributed by atoms with Gasteiger partial charge in [0.25, 0.3) is 0 Å². The summed E-state index contributed by atoms with van der Waals surface area (Å²) < 4.78 is 0. The fourth-order valence-corrected chi connectivity index (χ4v) is 2.43. The Morgan fingerprint density at radius 3 is 2.43 bits per heavy atom. The summed E-state index contributed by atoms with van der Waals surface area (Å²) in [6.45, 7) is 1.90. The van der Waals surface area contributed by atoms with Gasteiger partial charge in [-0.2, -0.15) is 0 Å². The maximum atomic E-state index is 10.5. The highest BCUT2D eigenvalue weighted by Crippen LogP contribution is 2.33. The molecule has 0 spiro atoms. The molecule has 82 valence electrons. The van der Waals surface area contributed by atoms with Crippen molar-refractivity contribution in [2.75, 3.05) is 0 Å². The number of aliphatic carboxylic acids is 1. The van der Waals surface area contributed by atoms with E-state index in [0.29, 0.717) is 6.42 Å². The predicted molar refractivity (Wildman–Crippen MR) is 54.1 cm³/mol. The molecule has 0 saturated heterocycles. The topological polar surface area (TPSA) is 57.5 Å². The molecule has 1 fully saturated rings. The van der Waals surface area contributed by atoms with Gasteiger partial charge in [-0.05, 0) is 25.2 Å². The van der Waals surface area contributed by atoms with Crippen LogP contribution in [0.5, 0.6) is 0 Å². The molecule has 0 heterocycles. The molecular weight excluding hydrogens is 180 g/mol. The summed E-state index contributed by atoms with van der Waals surface area (Å²) in [5.74, 6) is -0.687. The molecule has 14 heavy (non-hydrogen) atoms. The van der Waals surface area contributed by atoms with Crippen molar-refractivity contribution in [2.45, 2.75) is 57.5 Å². The van der Waals surface area contributed by atoms with Crippen molar-refractivity contribution in [1.29, 1.82) is 0 Å². The van der Waals surface area contributed by atoms with E-state index < -0.39 is 11.6 Å². The Bertz CT molecular complexity index is 195. The molecule has 0 aromatic carbocycles. The summed E-state index contributed by atoms with van der Waals surface area (Å²) in [4.78, 5) is 10.5. The summed E-state index contributed by atoms with van der Waals surface area (Å²) >= 11 is 0. The Kier molecular flexibility index (Phi) is 3.93. The standard InChI is InChI=1S/C11H20O3/c1-9(7-10(12)13)8-11(14)5-3-2-4-6-11/h9,14H,2-8H2,1H3,(H,12,13). The van der Waals surface area contributed by atoms with Gasteiger partial charge >= 0.3 is 5.97 Å². The molecule has 3 nitrogen and oxygen atoms in total. The Balaban J connectivity index is 2.36. The first-order chi connectivity index (χ1) is 6.52. The summed E-state index contributed by atoms with van der Waals surface area (Å²) in [6, 6.07) is 0. The quantitative estimate of drug-likeness (QED) is 0.731. The zero-order chi connectivity index (χ0) is 10.6. The van der Waals surface area contributed by atoms with Gasteiger partial charge in [0.05, 0.1) is 5.60 Å². The minimum Gasteiger partial charge on any atom is -0.481 e. The predicted octanol–water partition coefficient (Wildman–Crippen LogP) is 2.18. The van der Waals surface area contributed by atoms with Crippen LogP contribution in [0.2, 0.25) is 0 Å². The fourth-order valence-electron chi connectivity index (χ4n) is 2.43. The van der Waals surface area contributed by atoms with E-state index in [0.717, 1.165) is 25.7 Å². The molecular formula is C11H20O3. The van der Waals surface area contributed by atoms with Gasteiger partial charge < -0.3 is 10.2 Å². The monoisotopic (exact) mass is 200 g/mol. The number of rotatable bonds is 4. The molecule has 0 aromatic heterocycles. The van der Waals surface area contributed by atoms with Crippen LogP contribution in [0.25, 0.3) is 0 Å². The second-order valence-electron chi connectivity index (χ2n) is 4.69. The molecule has 0 aliphatic heterocycles. The molecule has 1 rings (SSSR count). The molecule has 3 heteroatoms. The van der Waals surface area contributed by atoms with E-state index in [1.165, 1.54) is 6.42 Å². The lowest BCUT2D eigenvalue weighted by Crippen LogP contribution is -2.33. The maximum Gasteiger partial charge on any atom is 0.303 e. The number of hydrogen-bond donors (Lipinski definition) is 2. The Morgan fingerprint density at radius 2 is 1.93 bits per heavy atom. The van der Waals surface area contributed by atoms with E-state index in [1.807, 2.05) is 6.92 Å². The molecule has 1 aliphatic carbocycles. The molecule has 0 aromatic rings. The van der Waals surface area contributed by atoms with Crippen LogP contribution in [-0.4, -0.2) is 21.8 Å². The van der Waals surface area contributed by atoms with Gasteiger partial charge in [-0.1, -0.05) is 26.2 Å². The summed E-state index contributed by atoms with van der Waals surface area (Å²) in [5.41, 5.74) is -0.576. The smallest absolute Gasteiger partial charge is 0.303 e. The summed E-state index contributed by atoms with van der Waals surface area (Å²) in [5, 5.41) is 18.8. The van der Waals surface area contributed by atoms with Crippen LogP contribution in [-0.2, 0) is 4.79 Å². The normalized spacial score (nSPS) is 23.0. The Hall–Kier alpha value is -0.570. The van der Waals surface area contributed by atoms with Crippen LogP contribution >= 0.6 is 0 Å². The van der Waals surface area contributed by atoms with E-state index in [2.05, 4.69) is 0 Å². The van der Waals surface area contributed by atoms with Crippen molar-refractivity contribution in [1.82, 2.24) is 0 Å². The maximum absolute atomic E-state index is 10.5. The van der Waals surface area contributed by atoms with Gasteiger partial charge in [-0.25, -0.2) is 0 Å². The molecule has 1 unspecified atom stereocenters. The van der Waals surface area contributed by atoms with Crippen LogP contribution in [0, 0.1) is 5.92 Å². The van der Waals surface area contributed by atoms with E-state index >= 15 is 0 Å². The van der Waals surface area contributed by atoms with Gasteiger partial charge in [0.15, 0.2) is 0 Å².